The van der Waals surface area contributed by atoms with Crippen LogP contribution < -0.4 is 9.64 Å². The minimum Gasteiger partial charge on any atom is -0.495 e. The molecule has 0 unspecified atom stereocenters. The molecule has 7 heteroatoms. The van der Waals surface area contributed by atoms with E-state index in [0.717, 1.165) is 81.5 Å². The average Bonchev–Trinajstić information content (AvgIpc) is 2.92. The van der Waals surface area contributed by atoms with Crippen LogP contribution in [-0.2, 0) is 17.9 Å². The Morgan fingerprint density at radius 2 is 1.49 bits per heavy atom. The molecule has 0 N–H and O–H groups in total. The second-order valence-electron chi connectivity index (χ2n) is 8.85. The molecule has 0 bridgehead atoms. The summed E-state index contributed by atoms with van der Waals surface area (Å²) in [6, 6.07) is 20.1. The number of anilines is 1. The van der Waals surface area contributed by atoms with Crippen LogP contribution in [0.1, 0.15) is 30.7 Å². The molecule has 35 heavy (non-hydrogen) atoms. The molecule has 1 amide bonds. The first-order valence-electron chi connectivity index (χ1n) is 12.4. The SMILES string of the molecule is COc1ccccc1N1CCN(C(=O)CCCCN(Cc2ccccn2)Cc2ccccn2)CC1. The fraction of sp³-hybridized carbons (Fsp3) is 0.393. The van der Waals surface area contributed by atoms with E-state index in [-0.39, 0.29) is 5.91 Å². The summed E-state index contributed by atoms with van der Waals surface area (Å²) in [6.45, 7) is 5.61. The number of ether oxygens (including phenoxy) is 1. The van der Waals surface area contributed by atoms with Gasteiger partial charge in [-0.25, -0.2) is 0 Å². The van der Waals surface area contributed by atoms with Gasteiger partial charge in [0.15, 0.2) is 0 Å². The van der Waals surface area contributed by atoms with Gasteiger partial charge in [-0.3, -0.25) is 19.7 Å². The highest BCUT2D eigenvalue weighted by molar-refractivity contribution is 5.76. The Hall–Kier alpha value is -3.45. The van der Waals surface area contributed by atoms with Gasteiger partial charge in [-0.05, 0) is 55.8 Å². The van der Waals surface area contributed by atoms with Gasteiger partial charge in [-0.15, -0.1) is 0 Å². The Labute approximate surface area is 208 Å². The van der Waals surface area contributed by atoms with Crippen molar-refractivity contribution in [2.24, 2.45) is 0 Å². The van der Waals surface area contributed by atoms with E-state index in [2.05, 4.69) is 38.0 Å². The number of piperazine rings is 1. The number of carbonyl (C=O) groups is 1. The molecule has 4 rings (SSSR count). The summed E-state index contributed by atoms with van der Waals surface area (Å²) in [7, 11) is 1.70. The number of pyridine rings is 2. The maximum Gasteiger partial charge on any atom is 0.222 e. The second kappa shape index (κ2) is 12.9. The fourth-order valence-electron chi connectivity index (χ4n) is 4.51. The molecule has 1 aliphatic rings. The molecule has 1 fully saturated rings. The lowest BCUT2D eigenvalue weighted by Crippen LogP contribution is -2.48. The van der Waals surface area contributed by atoms with Crippen molar-refractivity contribution in [1.82, 2.24) is 19.8 Å². The van der Waals surface area contributed by atoms with Crippen LogP contribution >= 0.6 is 0 Å². The predicted octanol–water partition coefficient (Wildman–Crippen LogP) is 4.01. The molecule has 2 aromatic heterocycles. The predicted molar refractivity (Wildman–Crippen MR) is 138 cm³/mol. The summed E-state index contributed by atoms with van der Waals surface area (Å²) in [6.07, 6.45) is 6.11. The van der Waals surface area contributed by atoms with Gasteiger partial charge in [0.2, 0.25) is 5.91 Å². The number of aromatic nitrogens is 2. The largest absolute Gasteiger partial charge is 0.495 e. The maximum absolute atomic E-state index is 12.8. The molecule has 0 aliphatic carbocycles. The highest BCUT2D eigenvalue weighted by Gasteiger charge is 2.22. The number of amides is 1. The molecule has 184 valence electrons. The van der Waals surface area contributed by atoms with Crippen LogP contribution in [-0.4, -0.2) is 65.5 Å². The van der Waals surface area contributed by atoms with E-state index in [1.807, 2.05) is 59.8 Å². The number of para-hydroxylation sites is 2. The number of unbranched alkanes of at least 4 members (excludes halogenated alkanes) is 1. The molecular formula is C28H35N5O2. The van der Waals surface area contributed by atoms with Gasteiger partial charge >= 0.3 is 0 Å². The Kier molecular flexibility index (Phi) is 9.06. The van der Waals surface area contributed by atoms with Crippen molar-refractivity contribution < 1.29 is 9.53 Å². The van der Waals surface area contributed by atoms with Gasteiger partial charge in [-0.2, -0.15) is 0 Å². The van der Waals surface area contributed by atoms with Gasteiger partial charge < -0.3 is 14.5 Å². The van der Waals surface area contributed by atoms with Crippen LogP contribution in [0.4, 0.5) is 5.69 Å². The number of hydrogen-bond donors (Lipinski definition) is 0. The van der Waals surface area contributed by atoms with Crippen molar-refractivity contribution in [1.29, 1.82) is 0 Å². The second-order valence-corrected chi connectivity index (χ2v) is 8.85. The highest BCUT2D eigenvalue weighted by Crippen LogP contribution is 2.28. The molecule has 1 saturated heterocycles. The quantitative estimate of drug-likeness (QED) is 0.392. The normalized spacial score (nSPS) is 13.8. The van der Waals surface area contributed by atoms with E-state index in [0.29, 0.717) is 6.42 Å². The zero-order chi connectivity index (χ0) is 24.3. The molecule has 7 nitrogen and oxygen atoms in total. The Morgan fingerprint density at radius 1 is 0.857 bits per heavy atom. The molecule has 1 aliphatic heterocycles. The van der Waals surface area contributed by atoms with Gasteiger partial charge in [0.1, 0.15) is 5.75 Å². The molecule has 3 aromatic rings. The molecule has 3 heterocycles. The third-order valence-electron chi connectivity index (χ3n) is 6.40. The van der Waals surface area contributed by atoms with Crippen LogP contribution in [0.25, 0.3) is 0 Å². The summed E-state index contributed by atoms with van der Waals surface area (Å²) in [5.74, 6) is 1.14. The van der Waals surface area contributed by atoms with Crippen LogP contribution in [0.2, 0.25) is 0 Å². The molecule has 0 saturated carbocycles. The topological polar surface area (TPSA) is 61.8 Å². The van der Waals surface area contributed by atoms with Gasteiger partial charge in [0.25, 0.3) is 0 Å². The zero-order valence-electron chi connectivity index (χ0n) is 20.6. The number of rotatable bonds is 11. The smallest absolute Gasteiger partial charge is 0.222 e. The minimum atomic E-state index is 0.255. The van der Waals surface area contributed by atoms with Gasteiger partial charge in [0.05, 0.1) is 24.2 Å². The van der Waals surface area contributed by atoms with Crippen LogP contribution in [0.5, 0.6) is 5.75 Å². The standard InChI is InChI=1S/C28H35N5O2/c1-35-27-13-3-2-12-26(27)32-18-20-33(21-19-32)28(34)14-6-9-17-31(22-24-10-4-7-15-29-24)23-25-11-5-8-16-30-25/h2-5,7-8,10-13,15-16H,6,9,14,17-23H2,1H3. The van der Waals surface area contributed by atoms with E-state index in [4.69, 9.17) is 4.74 Å². The van der Waals surface area contributed by atoms with Crippen molar-refractivity contribution in [3.63, 3.8) is 0 Å². The number of carbonyl (C=O) groups excluding carboxylic acids is 1. The van der Waals surface area contributed by atoms with Crippen LogP contribution in [0.15, 0.2) is 73.1 Å². The van der Waals surface area contributed by atoms with E-state index in [9.17, 15) is 4.79 Å². The maximum atomic E-state index is 12.8. The van der Waals surface area contributed by atoms with E-state index < -0.39 is 0 Å². The number of benzene rings is 1. The van der Waals surface area contributed by atoms with E-state index in [1.54, 1.807) is 7.11 Å². The third kappa shape index (κ3) is 7.26. The van der Waals surface area contributed by atoms with Crippen molar-refractivity contribution in [2.75, 3.05) is 44.7 Å². The first kappa shape index (κ1) is 24.7. The summed E-state index contributed by atoms with van der Waals surface area (Å²) in [5, 5.41) is 0. The highest BCUT2D eigenvalue weighted by atomic mass is 16.5. The average molecular weight is 474 g/mol. The number of methoxy groups -OCH3 is 1. The lowest BCUT2D eigenvalue weighted by Gasteiger charge is -2.36. The monoisotopic (exact) mass is 473 g/mol. The summed E-state index contributed by atoms with van der Waals surface area (Å²) in [4.78, 5) is 28.5. The zero-order valence-corrected chi connectivity index (χ0v) is 20.6. The molecule has 0 atom stereocenters. The molecule has 1 aromatic carbocycles. The van der Waals surface area contributed by atoms with E-state index >= 15 is 0 Å². The summed E-state index contributed by atoms with van der Waals surface area (Å²) >= 11 is 0. The van der Waals surface area contributed by atoms with Crippen LogP contribution in [0, 0.1) is 0 Å². The van der Waals surface area contributed by atoms with Crippen LogP contribution in [0.3, 0.4) is 0 Å². The number of hydrogen-bond acceptors (Lipinski definition) is 6. The lowest BCUT2D eigenvalue weighted by molar-refractivity contribution is -0.131. The molecular weight excluding hydrogens is 438 g/mol. The van der Waals surface area contributed by atoms with Crippen molar-refractivity contribution >= 4 is 11.6 Å². The Balaban J connectivity index is 1.22. The Bertz CT molecular complexity index is 998. The summed E-state index contributed by atoms with van der Waals surface area (Å²) in [5.41, 5.74) is 3.20. The van der Waals surface area contributed by atoms with Crippen molar-refractivity contribution in [3.05, 3.63) is 84.4 Å². The number of nitrogens with zero attached hydrogens (tertiary/aromatic N) is 5. The molecule has 0 spiro atoms. The van der Waals surface area contributed by atoms with Gasteiger partial charge in [0, 0.05) is 58.1 Å². The lowest BCUT2D eigenvalue weighted by atomic mass is 10.1. The van der Waals surface area contributed by atoms with Crippen molar-refractivity contribution in [2.45, 2.75) is 32.4 Å². The third-order valence-corrected chi connectivity index (χ3v) is 6.40. The Morgan fingerprint density at radius 3 is 2.09 bits per heavy atom. The fourth-order valence-corrected chi connectivity index (χ4v) is 4.51. The van der Waals surface area contributed by atoms with E-state index in [1.165, 1.54) is 0 Å². The first-order valence-corrected chi connectivity index (χ1v) is 12.4. The minimum absolute atomic E-state index is 0.255. The first-order chi connectivity index (χ1) is 17.2. The molecule has 0 radical (unpaired) electrons. The summed E-state index contributed by atoms with van der Waals surface area (Å²) < 4.78 is 5.50. The van der Waals surface area contributed by atoms with Crippen molar-refractivity contribution in [3.8, 4) is 5.75 Å². The van der Waals surface area contributed by atoms with Gasteiger partial charge in [-0.1, -0.05) is 24.3 Å².